The van der Waals surface area contributed by atoms with E-state index >= 15 is 0 Å². The van der Waals surface area contributed by atoms with Crippen LogP contribution in [0.2, 0.25) is 0 Å². The molecule has 0 radical (unpaired) electrons. The van der Waals surface area contributed by atoms with Gasteiger partial charge >= 0.3 is 0 Å². The Morgan fingerprint density at radius 3 is 2.39 bits per heavy atom. The van der Waals surface area contributed by atoms with Crippen LogP contribution in [0.4, 0.5) is 0 Å². The van der Waals surface area contributed by atoms with Crippen LogP contribution in [0.15, 0.2) is 24.3 Å². The first kappa shape index (κ1) is 14.4. The number of phenols is 1. The van der Waals surface area contributed by atoms with Crippen LogP contribution in [0.5, 0.6) is 5.75 Å². The van der Waals surface area contributed by atoms with Crippen molar-refractivity contribution in [2.45, 2.75) is 18.6 Å². The summed E-state index contributed by atoms with van der Waals surface area (Å²) in [4.78, 5) is 11.3. The third-order valence-corrected chi connectivity index (χ3v) is 2.47. The maximum atomic E-state index is 11.3. The van der Waals surface area contributed by atoms with Gasteiger partial charge in [0.15, 0.2) is 6.10 Å². The lowest BCUT2D eigenvalue weighted by atomic mass is 10.1. The van der Waals surface area contributed by atoms with Gasteiger partial charge in [0.2, 0.25) is 0 Å². The van der Waals surface area contributed by atoms with E-state index in [-0.39, 0.29) is 5.75 Å². The van der Waals surface area contributed by atoms with E-state index in [2.05, 4.69) is 5.32 Å². The molecule has 0 bridgehead atoms. The minimum Gasteiger partial charge on any atom is -0.508 e. The second kappa shape index (κ2) is 6.95. The lowest BCUT2D eigenvalue weighted by molar-refractivity contribution is -0.136. The van der Waals surface area contributed by atoms with Crippen molar-refractivity contribution in [1.82, 2.24) is 5.32 Å². The maximum Gasteiger partial charge on any atom is 0.251 e. The molecular formula is C12H17NO5. The van der Waals surface area contributed by atoms with Crippen molar-refractivity contribution in [3.8, 4) is 5.75 Å². The molecule has 0 aromatic heterocycles. The van der Waals surface area contributed by atoms with E-state index in [1.807, 2.05) is 0 Å². The topological polar surface area (TPSA) is 110 Å². The molecule has 1 rings (SSSR count). The summed E-state index contributed by atoms with van der Waals surface area (Å²) in [5, 5.41) is 38.4. The van der Waals surface area contributed by atoms with Crippen LogP contribution >= 0.6 is 0 Å². The Hall–Kier alpha value is -1.63. The molecule has 0 heterocycles. The van der Waals surface area contributed by atoms with Gasteiger partial charge in [-0.1, -0.05) is 12.1 Å². The molecule has 6 heteroatoms. The van der Waals surface area contributed by atoms with Gasteiger partial charge in [-0.25, -0.2) is 0 Å². The summed E-state index contributed by atoms with van der Waals surface area (Å²) in [7, 11) is 0. The van der Waals surface area contributed by atoms with Crippen LogP contribution in [0.3, 0.4) is 0 Å². The van der Waals surface area contributed by atoms with E-state index in [9.17, 15) is 9.90 Å². The summed E-state index contributed by atoms with van der Waals surface area (Å²) >= 11 is 0. The van der Waals surface area contributed by atoms with Crippen molar-refractivity contribution in [3.63, 3.8) is 0 Å². The maximum absolute atomic E-state index is 11.3. The minimum absolute atomic E-state index is 0.171. The van der Waals surface area contributed by atoms with Crippen molar-refractivity contribution in [1.29, 1.82) is 0 Å². The van der Waals surface area contributed by atoms with Gasteiger partial charge in [0.1, 0.15) is 11.9 Å². The van der Waals surface area contributed by atoms with Gasteiger partial charge in [0.25, 0.3) is 5.91 Å². The number of phenolic OH excluding ortho intramolecular Hbond substituents is 1. The van der Waals surface area contributed by atoms with Crippen LogP contribution in [0.25, 0.3) is 0 Å². The first-order valence-electron chi connectivity index (χ1n) is 5.57. The number of nitrogens with one attached hydrogen (secondary N) is 1. The summed E-state index contributed by atoms with van der Waals surface area (Å²) < 4.78 is 0. The number of rotatable bonds is 6. The van der Waals surface area contributed by atoms with Gasteiger partial charge in [-0.05, 0) is 24.1 Å². The molecular weight excluding hydrogens is 238 g/mol. The Kier molecular flexibility index (Phi) is 5.57. The highest BCUT2D eigenvalue weighted by Gasteiger charge is 2.22. The predicted molar refractivity (Wildman–Crippen MR) is 63.9 cm³/mol. The van der Waals surface area contributed by atoms with E-state index in [1.165, 1.54) is 0 Å². The highest BCUT2D eigenvalue weighted by Crippen LogP contribution is 2.09. The van der Waals surface area contributed by atoms with Crippen LogP contribution < -0.4 is 5.32 Å². The lowest BCUT2D eigenvalue weighted by Crippen LogP contribution is -2.44. The number of benzene rings is 1. The quantitative estimate of drug-likeness (QED) is 0.437. The van der Waals surface area contributed by atoms with E-state index < -0.39 is 24.7 Å². The highest BCUT2D eigenvalue weighted by atomic mass is 16.4. The van der Waals surface area contributed by atoms with E-state index in [1.54, 1.807) is 24.3 Å². The molecule has 1 aromatic carbocycles. The Balaban J connectivity index is 2.33. The molecule has 0 aliphatic rings. The van der Waals surface area contributed by atoms with E-state index in [0.717, 1.165) is 5.56 Å². The van der Waals surface area contributed by atoms with Gasteiger partial charge in [0, 0.05) is 6.54 Å². The Labute approximate surface area is 105 Å². The second-order valence-electron chi connectivity index (χ2n) is 3.90. The van der Waals surface area contributed by atoms with Crippen LogP contribution in [0.1, 0.15) is 5.56 Å². The van der Waals surface area contributed by atoms with Crippen LogP contribution in [-0.2, 0) is 11.2 Å². The molecule has 0 spiro atoms. The van der Waals surface area contributed by atoms with E-state index in [0.29, 0.717) is 13.0 Å². The number of hydrogen-bond donors (Lipinski definition) is 5. The molecule has 0 aliphatic carbocycles. The van der Waals surface area contributed by atoms with Crippen molar-refractivity contribution >= 4 is 5.91 Å². The molecule has 1 aromatic rings. The largest absolute Gasteiger partial charge is 0.508 e. The fourth-order valence-electron chi connectivity index (χ4n) is 1.37. The SMILES string of the molecule is O=C(NCCc1ccc(O)cc1)C(O)C(O)CO. The number of carbonyl (C=O) groups is 1. The Bertz CT molecular complexity index is 379. The molecule has 0 aliphatic heterocycles. The molecule has 5 N–H and O–H groups in total. The van der Waals surface area contributed by atoms with Crippen LogP contribution in [-0.4, -0.2) is 51.7 Å². The minimum atomic E-state index is -1.63. The standard InChI is InChI=1S/C12H17NO5/c14-7-10(16)11(17)12(18)13-6-5-8-1-3-9(15)4-2-8/h1-4,10-11,14-17H,5-7H2,(H,13,18). The highest BCUT2D eigenvalue weighted by molar-refractivity contribution is 5.81. The van der Waals surface area contributed by atoms with Crippen molar-refractivity contribution < 1.29 is 25.2 Å². The summed E-state index contributed by atoms with van der Waals surface area (Å²) in [6.07, 6.45) is -2.57. The lowest BCUT2D eigenvalue weighted by Gasteiger charge is -2.15. The number of carbonyl (C=O) groups excluding carboxylic acids is 1. The summed E-state index contributed by atoms with van der Waals surface area (Å²) in [5.74, 6) is -0.556. The van der Waals surface area contributed by atoms with Crippen molar-refractivity contribution in [2.24, 2.45) is 0 Å². The molecule has 2 atom stereocenters. The summed E-state index contributed by atoms with van der Waals surface area (Å²) in [5.41, 5.74) is 0.922. The smallest absolute Gasteiger partial charge is 0.251 e. The zero-order chi connectivity index (χ0) is 13.5. The second-order valence-corrected chi connectivity index (χ2v) is 3.90. The molecule has 100 valence electrons. The number of aliphatic hydroxyl groups excluding tert-OH is 3. The third kappa shape index (κ3) is 4.33. The monoisotopic (exact) mass is 255 g/mol. The van der Waals surface area contributed by atoms with Gasteiger partial charge in [-0.2, -0.15) is 0 Å². The van der Waals surface area contributed by atoms with E-state index in [4.69, 9.17) is 15.3 Å². The van der Waals surface area contributed by atoms with Gasteiger partial charge in [-0.3, -0.25) is 4.79 Å². The average Bonchev–Trinajstić information content (AvgIpc) is 2.39. The first-order chi connectivity index (χ1) is 8.54. The third-order valence-electron chi connectivity index (χ3n) is 2.47. The fourth-order valence-corrected chi connectivity index (χ4v) is 1.37. The fraction of sp³-hybridized carbons (Fsp3) is 0.417. The first-order valence-corrected chi connectivity index (χ1v) is 5.57. The summed E-state index contributed by atoms with van der Waals surface area (Å²) in [6.45, 7) is -0.384. The van der Waals surface area contributed by atoms with Crippen molar-refractivity contribution in [2.75, 3.05) is 13.2 Å². The zero-order valence-electron chi connectivity index (χ0n) is 9.78. The molecule has 0 saturated carbocycles. The van der Waals surface area contributed by atoms with Gasteiger partial charge in [-0.15, -0.1) is 0 Å². The molecule has 6 nitrogen and oxygen atoms in total. The average molecular weight is 255 g/mol. The molecule has 18 heavy (non-hydrogen) atoms. The van der Waals surface area contributed by atoms with Gasteiger partial charge in [0.05, 0.1) is 6.61 Å². The summed E-state index contributed by atoms with van der Waals surface area (Å²) in [6, 6.07) is 6.53. The molecule has 0 saturated heterocycles. The zero-order valence-corrected chi connectivity index (χ0v) is 9.78. The number of amides is 1. The number of aromatic hydroxyl groups is 1. The number of hydrogen-bond acceptors (Lipinski definition) is 5. The predicted octanol–water partition coefficient (Wildman–Crippen LogP) is -1.24. The Morgan fingerprint density at radius 1 is 1.22 bits per heavy atom. The van der Waals surface area contributed by atoms with Gasteiger partial charge < -0.3 is 25.7 Å². The van der Waals surface area contributed by atoms with Crippen molar-refractivity contribution in [3.05, 3.63) is 29.8 Å². The van der Waals surface area contributed by atoms with Crippen LogP contribution in [0, 0.1) is 0 Å². The molecule has 2 unspecified atom stereocenters. The number of aliphatic hydroxyl groups is 3. The normalized spacial score (nSPS) is 13.9. The molecule has 0 fully saturated rings. The Morgan fingerprint density at radius 2 is 1.83 bits per heavy atom. The molecule has 1 amide bonds.